The van der Waals surface area contributed by atoms with Crippen molar-refractivity contribution < 1.29 is 14.3 Å². The number of anilines is 1. The number of likely N-dealkylation sites (tertiary alicyclic amines) is 3. The second kappa shape index (κ2) is 10.1. The van der Waals surface area contributed by atoms with Gasteiger partial charge < -0.3 is 20.3 Å². The van der Waals surface area contributed by atoms with E-state index < -0.39 is 0 Å². The molecule has 4 heterocycles. The summed E-state index contributed by atoms with van der Waals surface area (Å²) in [5.41, 5.74) is 6.92. The summed E-state index contributed by atoms with van der Waals surface area (Å²) >= 11 is 1.42. The molecule has 1 unspecified atom stereocenters. The van der Waals surface area contributed by atoms with E-state index in [0.29, 0.717) is 22.5 Å². The smallest absolute Gasteiger partial charge is 0.257 e. The van der Waals surface area contributed by atoms with Crippen LogP contribution in [-0.2, 0) is 4.79 Å². The van der Waals surface area contributed by atoms with Crippen LogP contribution in [0, 0.1) is 5.92 Å². The van der Waals surface area contributed by atoms with E-state index in [1.54, 1.807) is 7.11 Å². The van der Waals surface area contributed by atoms with Crippen molar-refractivity contribution in [2.45, 2.75) is 51.0 Å². The first-order valence-electron chi connectivity index (χ1n) is 12.7. The van der Waals surface area contributed by atoms with Gasteiger partial charge >= 0.3 is 0 Å². The Hall–Kier alpha value is -2.32. The van der Waals surface area contributed by atoms with Gasteiger partial charge in [0.2, 0.25) is 5.91 Å². The highest BCUT2D eigenvalue weighted by Gasteiger charge is 2.35. The van der Waals surface area contributed by atoms with Gasteiger partial charge in [-0.2, -0.15) is 0 Å². The number of rotatable bonds is 4. The van der Waals surface area contributed by atoms with Gasteiger partial charge in [-0.05, 0) is 57.6 Å². The first kappa shape index (κ1) is 23.4. The molecule has 184 valence electrons. The maximum absolute atomic E-state index is 13.4. The summed E-state index contributed by atoms with van der Waals surface area (Å²) in [5.74, 6) is 1.28. The molecule has 0 radical (unpaired) electrons. The molecule has 2 aromatic rings. The lowest BCUT2D eigenvalue weighted by atomic mass is 9.92. The molecule has 0 aliphatic carbocycles. The molecule has 5 rings (SSSR count). The maximum Gasteiger partial charge on any atom is 0.257 e. The van der Waals surface area contributed by atoms with Crippen LogP contribution >= 0.6 is 11.3 Å². The van der Waals surface area contributed by atoms with Crippen molar-refractivity contribution in [3.05, 3.63) is 23.8 Å². The standard InChI is InChI=1S/C26H36N4O3S/c1-33-21-9-5-8-20-22(24(27)34-23(20)21)26(32)29-15-10-19(11-16-29)30-14-6-7-18(17-30)25(31)28-12-3-2-4-13-28/h5,8-9,18-19H,2-4,6-7,10-17,27H2,1H3. The van der Waals surface area contributed by atoms with Crippen molar-refractivity contribution in [2.24, 2.45) is 5.92 Å². The fraction of sp³-hybridized carbons (Fsp3) is 0.615. The van der Waals surface area contributed by atoms with E-state index in [1.807, 2.05) is 23.1 Å². The van der Waals surface area contributed by atoms with Crippen LogP contribution in [0.25, 0.3) is 10.1 Å². The SMILES string of the molecule is COc1cccc2c(C(=O)N3CCC(N4CCCC(C(=O)N5CCCCC5)C4)CC3)c(N)sc12. The molecule has 3 saturated heterocycles. The molecule has 1 atom stereocenters. The molecule has 34 heavy (non-hydrogen) atoms. The zero-order valence-corrected chi connectivity index (χ0v) is 20.9. The highest BCUT2D eigenvalue weighted by molar-refractivity contribution is 7.23. The Morgan fingerprint density at radius 2 is 1.74 bits per heavy atom. The Morgan fingerprint density at radius 3 is 2.47 bits per heavy atom. The van der Waals surface area contributed by atoms with Crippen LogP contribution in [-0.4, -0.2) is 78.9 Å². The summed E-state index contributed by atoms with van der Waals surface area (Å²) < 4.78 is 6.39. The number of nitrogens with two attached hydrogens (primary N) is 1. The third kappa shape index (κ3) is 4.50. The summed E-state index contributed by atoms with van der Waals surface area (Å²) in [6.07, 6.45) is 7.53. The number of methoxy groups -OCH3 is 1. The first-order valence-corrected chi connectivity index (χ1v) is 13.6. The zero-order valence-electron chi connectivity index (χ0n) is 20.1. The molecule has 3 aliphatic heterocycles. The summed E-state index contributed by atoms with van der Waals surface area (Å²) in [6, 6.07) is 6.21. The van der Waals surface area contributed by atoms with Gasteiger partial charge in [-0.15, -0.1) is 11.3 Å². The van der Waals surface area contributed by atoms with Crippen LogP contribution in [0.4, 0.5) is 5.00 Å². The average Bonchev–Trinajstić information content (AvgIpc) is 3.24. The number of benzene rings is 1. The number of nitrogen functional groups attached to an aromatic ring is 1. The molecular weight excluding hydrogens is 448 g/mol. The van der Waals surface area contributed by atoms with Gasteiger partial charge in [-0.3, -0.25) is 14.5 Å². The number of nitrogens with zero attached hydrogens (tertiary/aromatic N) is 3. The molecule has 3 aliphatic rings. The molecule has 1 aromatic heterocycles. The second-order valence-electron chi connectivity index (χ2n) is 9.92. The lowest BCUT2D eigenvalue weighted by Crippen LogP contribution is -2.52. The average molecular weight is 485 g/mol. The van der Waals surface area contributed by atoms with Crippen molar-refractivity contribution in [2.75, 3.05) is 52.1 Å². The van der Waals surface area contributed by atoms with Crippen molar-refractivity contribution >= 4 is 38.2 Å². The molecule has 8 heteroatoms. The first-order chi connectivity index (χ1) is 16.6. The fourth-order valence-corrected chi connectivity index (χ4v) is 7.05. The summed E-state index contributed by atoms with van der Waals surface area (Å²) in [6.45, 7) is 5.25. The largest absolute Gasteiger partial charge is 0.495 e. The normalized spacial score (nSPS) is 22.8. The summed E-state index contributed by atoms with van der Waals surface area (Å²) in [7, 11) is 1.64. The molecule has 0 spiro atoms. The van der Waals surface area contributed by atoms with Crippen LogP contribution < -0.4 is 10.5 Å². The third-order valence-electron chi connectivity index (χ3n) is 7.88. The number of carbonyl (C=O) groups is 2. The van der Waals surface area contributed by atoms with E-state index >= 15 is 0 Å². The molecule has 1 aromatic carbocycles. The number of ether oxygens (including phenoxy) is 1. The minimum Gasteiger partial charge on any atom is -0.495 e. The minimum atomic E-state index is 0.0206. The highest BCUT2D eigenvalue weighted by atomic mass is 32.1. The van der Waals surface area contributed by atoms with E-state index in [4.69, 9.17) is 10.5 Å². The van der Waals surface area contributed by atoms with Crippen LogP contribution in [0.5, 0.6) is 5.75 Å². The predicted octanol–water partition coefficient (Wildman–Crippen LogP) is 3.82. The fourth-order valence-electron chi connectivity index (χ4n) is 6.00. The van der Waals surface area contributed by atoms with Gasteiger partial charge in [0.1, 0.15) is 5.75 Å². The van der Waals surface area contributed by atoms with Crippen LogP contribution in [0.1, 0.15) is 55.3 Å². The molecule has 3 fully saturated rings. The van der Waals surface area contributed by atoms with Crippen molar-refractivity contribution in [1.82, 2.24) is 14.7 Å². The monoisotopic (exact) mass is 484 g/mol. The minimum absolute atomic E-state index is 0.0206. The lowest BCUT2D eigenvalue weighted by molar-refractivity contribution is -0.138. The predicted molar refractivity (Wildman–Crippen MR) is 136 cm³/mol. The number of hydrogen-bond donors (Lipinski definition) is 1. The van der Waals surface area contributed by atoms with Gasteiger partial charge in [0.05, 0.1) is 28.3 Å². The Labute approximate surface area is 205 Å². The number of amides is 2. The Kier molecular flexibility index (Phi) is 6.97. The Bertz CT molecular complexity index is 1040. The summed E-state index contributed by atoms with van der Waals surface area (Å²) in [4.78, 5) is 33.1. The number of hydrogen-bond acceptors (Lipinski definition) is 6. The van der Waals surface area contributed by atoms with E-state index in [0.717, 1.165) is 93.6 Å². The van der Waals surface area contributed by atoms with Crippen LogP contribution in [0.15, 0.2) is 18.2 Å². The molecule has 2 amide bonds. The van der Waals surface area contributed by atoms with E-state index in [9.17, 15) is 9.59 Å². The van der Waals surface area contributed by atoms with Gasteiger partial charge in [0, 0.05) is 44.2 Å². The Morgan fingerprint density at radius 1 is 0.971 bits per heavy atom. The van der Waals surface area contributed by atoms with Gasteiger partial charge in [-0.25, -0.2) is 0 Å². The molecule has 7 nitrogen and oxygen atoms in total. The molecule has 2 N–H and O–H groups in total. The summed E-state index contributed by atoms with van der Waals surface area (Å²) in [5, 5.41) is 1.44. The third-order valence-corrected chi connectivity index (χ3v) is 8.93. The maximum atomic E-state index is 13.4. The van der Waals surface area contributed by atoms with E-state index in [2.05, 4.69) is 9.80 Å². The number of carbonyl (C=O) groups excluding carboxylic acids is 2. The second-order valence-corrected chi connectivity index (χ2v) is 11.0. The number of thiophene rings is 1. The van der Waals surface area contributed by atoms with Gasteiger partial charge in [0.25, 0.3) is 5.91 Å². The molecule has 0 saturated carbocycles. The Balaban J connectivity index is 1.21. The van der Waals surface area contributed by atoms with E-state index in [-0.39, 0.29) is 11.8 Å². The zero-order chi connectivity index (χ0) is 23.7. The van der Waals surface area contributed by atoms with E-state index in [1.165, 1.54) is 17.8 Å². The molecule has 0 bridgehead atoms. The lowest BCUT2D eigenvalue weighted by Gasteiger charge is -2.43. The van der Waals surface area contributed by atoms with Crippen molar-refractivity contribution in [3.63, 3.8) is 0 Å². The quantitative estimate of drug-likeness (QED) is 0.714. The van der Waals surface area contributed by atoms with Gasteiger partial charge in [0.15, 0.2) is 0 Å². The number of fused-ring (bicyclic) bond motifs is 1. The van der Waals surface area contributed by atoms with Crippen molar-refractivity contribution in [3.8, 4) is 5.75 Å². The van der Waals surface area contributed by atoms with Gasteiger partial charge in [-0.1, -0.05) is 12.1 Å². The number of piperidine rings is 3. The van der Waals surface area contributed by atoms with Crippen LogP contribution in [0.2, 0.25) is 0 Å². The molecular formula is C26H36N4O3S. The topological polar surface area (TPSA) is 79.1 Å². The highest BCUT2D eigenvalue weighted by Crippen LogP contribution is 2.40. The van der Waals surface area contributed by atoms with Crippen molar-refractivity contribution in [1.29, 1.82) is 0 Å². The van der Waals surface area contributed by atoms with Crippen LogP contribution in [0.3, 0.4) is 0 Å².